The Balaban J connectivity index is 1.85. The first kappa shape index (κ1) is 14.7. The molecule has 1 heterocycles. The van der Waals surface area contributed by atoms with Crippen LogP contribution in [0.15, 0.2) is 46.1 Å². The van der Waals surface area contributed by atoms with Crippen LogP contribution in [0, 0.1) is 5.82 Å². The molecule has 2 rings (SSSR count). The lowest BCUT2D eigenvalue weighted by Crippen LogP contribution is -2.36. The number of aromatic nitrogens is 2. The number of hydrogen-bond donors (Lipinski definition) is 2. The van der Waals surface area contributed by atoms with E-state index in [1.54, 1.807) is 12.1 Å². The van der Waals surface area contributed by atoms with Crippen molar-refractivity contribution in [2.24, 2.45) is 0 Å². The Hall–Kier alpha value is -2.70. The van der Waals surface area contributed by atoms with E-state index < -0.39 is 11.2 Å². The molecule has 1 aromatic carbocycles. The number of nitrogens with one attached hydrogen (secondary N) is 2. The lowest BCUT2D eigenvalue weighted by Gasteiger charge is -2.07. The minimum atomic E-state index is -0.636. The van der Waals surface area contributed by atoms with Crippen LogP contribution in [-0.4, -0.2) is 22.0 Å². The van der Waals surface area contributed by atoms with Gasteiger partial charge < -0.3 is 5.32 Å². The molecular formula is C14H14FN3O3. The van der Waals surface area contributed by atoms with Crippen molar-refractivity contribution in [3.8, 4) is 0 Å². The second-order valence-electron chi connectivity index (χ2n) is 4.47. The van der Waals surface area contributed by atoms with Gasteiger partial charge in [-0.05, 0) is 24.1 Å². The first-order chi connectivity index (χ1) is 10.0. The highest BCUT2D eigenvalue weighted by molar-refractivity contribution is 5.75. The van der Waals surface area contributed by atoms with Crippen molar-refractivity contribution in [1.29, 1.82) is 0 Å². The summed E-state index contributed by atoms with van der Waals surface area (Å²) < 4.78 is 14.1. The molecule has 0 bridgehead atoms. The summed E-state index contributed by atoms with van der Waals surface area (Å²) in [5.41, 5.74) is -0.373. The number of hydrogen-bond acceptors (Lipinski definition) is 3. The van der Waals surface area contributed by atoms with Crippen molar-refractivity contribution < 1.29 is 9.18 Å². The van der Waals surface area contributed by atoms with Gasteiger partial charge in [-0.25, -0.2) is 9.18 Å². The standard InChI is InChI=1S/C14H14FN3O3/c15-11-3-1-2-10(8-11)4-6-16-13(20)9-18-7-5-12(19)17-14(18)21/h1-3,5,7-8H,4,6,9H2,(H,16,20)(H,17,19,21). The van der Waals surface area contributed by atoms with Crippen LogP contribution in [0.25, 0.3) is 0 Å². The molecule has 2 aromatic rings. The summed E-state index contributed by atoms with van der Waals surface area (Å²) >= 11 is 0. The smallest absolute Gasteiger partial charge is 0.328 e. The van der Waals surface area contributed by atoms with Crippen molar-refractivity contribution in [3.05, 3.63) is 68.7 Å². The van der Waals surface area contributed by atoms with Crippen molar-refractivity contribution >= 4 is 5.91 Å². The highest BCUT2D eigenvalue weighted by Crippen LogP contribution is 2.03. The molecule has 6 nitrogen and oxygen atoms in total. The largest absolute Gasteiger partial charge is 0.354 e. The quantitative estimate of drug-likeness (QED) is 0.815. The maximum absolute atomic E-state index is 13.0. The van der Waals surface area contributed by atoms with Crippen LogP contribution in [0.1, 0.15) is 5.56 Å². The van der Waals surface area contributed by atoms with Gasteiger partial charge in [-0.2, -0.15) is 0 Å². The molecular weight excluding hydrogens is 277 g/mol. The molecule has 7 heteroatoms. The van der Waals surface area contributed by atoms with Crippen LogP contribution in [0.5, 0.6) is 0 Å². The number of nitrogens with zero attached hydrogens (tertiary/aromatic N) is 1. The van der Waals surface area contributed by atoms with E-state index in [-0.39, 0.29) is 18.3 Å². The molecule has 0 saturated carbocycles. The molecule has 0 atom stereocenters. The highest BCUT2D eigenvalue weighted by atomic mass is 19.1. The molecule has 0 unspecified atom stereocenters. The Bertz CT molecular complexity index is 751. The normalized spacial score (nSPS) is 10.3. The van der Waals surface area contributed by atoms with E-state index in [0.29, 0.717) is 13.0 Å². The summed E-state index contributed by atoms with van der Waals surface area (Å²) in [5, 5.41) is 2.63. The fourth-order valence-electron chi connectivity index (χ4n) is 1.82. The summed E-state index contributed by atoms with van der Waals surface area (Å²) in [5.74, 6) is -0.681. The zero-order valence-electron chi connectivity index (χ0n) is 11.1. The summed E-state index contributed by atoms with van der Waals surface area (Å²) in [6.07, 6.45) is 1.75. The molecule has 0 spiro atoms. The summed E-state index contributed by atoms with van der Waals surface area (Å²) in [4.78, 5) is 36.0. The zero-order valence-corrected chi connectivity index (χ0v) is 11.1. The minimum absolute atomic E-state index is 0.182. The Labute approximate surface area is 119 Å². The average Bonchev–Trinajstić information content (AvgIpc) is 2.42. The highest BCUT2D eigenvalue weighted by Gasteiger charge is 2.04. The van der Waals surface area contributed by atoms with Gasteiger partial charge in [-0.3, -0.25) is 19.1 Å². The second kappa shape index (κ2) is 6.65. The van der Waals surface area contributed by atoms with Crippen molar-refractivity contribution in [2.45, 2.75) is 13.0 Å². The first-order valence-electron chi connectivity index (χ1n) is 6.35. The molecule has 0 aliphatic carbocycles. The van der Waals surface area contributed by atoms with Gasteiger partial charge in [0.25, 0.3) is 5.56 Å². The summed E-state index contributed by atoms with van der Waals surface area (Å²) in [7, 11) is 0. The third-order valence-electron chi connectivity index (χ3n) is 2.84. The fraction of sp³-hybridized carbons (Fsp3) is 0.214. The number of amides is 1. The van der Waals surface area contributed by atoms with Crippen LogP contribution in [0.4, 0.5) is 4.39 Å². The molecule has 1 amide bonds. The third-order valence-corrected chi connectivity index (χ3v) is 2.84. The molecule has 1 aromatic heterocycles. The lowest BCUT2D eigenvalue weighted by molar-refractivity contribution is -0.121. The number of rotatable bonds is 5. The van der Waals surface area contributed by atoms with Crippen LogP contribution in [-0.2, 0) is 17.8 Å². The SMILES string of the molecule is O=C(Cn1ccc(=O)[nH]c1=O)NCCc1cccc(F)c1. The lowest BCUT2D eigenvalue weighted by atomic mass is 10.1. The number of benzene rings is 1. The van der Waals surface area contributed by atoms with Gasteiger partial charge in [0.1, 0.15) is 12.4 Å². The van der Waals surface area contributed by atoms with E-state index in [4.69, 9.17) is 0 Å². The van der Waals surface area contributed by atoms with E-state index in [1.807, 2.05) is 0 Å². The first-order valence-corrected chi connectivity index (χ1v) is 6.35. The van der Waals surface area contributed by atoms with Crippen LogP contribution in [0.2, 0.25) is 0 Å². The maximum Gasteiger partial charge on any atom is 0.328 e. The Morgan fingerprint density at radius 3 is 2.81 bits per heavy atom. The van der Waals surface area contributed by atoms with Gasteiger partial charge in [0.15, 0.2) is 0 Å². The van der Waals surface area contributed by atoms with Gasteiger partial charge in [0, 0.05) is 18.8 Å². The molecule has 0 radical (unpaired) electrons. The topological polar surface area (TPSA) is 84.0 Å². The fourth-order valence-corrected chi connectivity index (χ4v) is 1.82. The van der Waals surface area contributed by atoms with E-state index >= 15 is 0 Å². The predicted octanol–water partition coefficient (Wildman–Crippen LogP) is 0.0346. The molecule has 0 aliphatic heterocycles. The number of halogens is 1. The number of aromatic amines is 1. The molecule has 0 fully saturated rings. The van der Waals surface area contributed by atoms with Gasteiger partial charge in [-0.15, -0.1) is 0 Å². The summed E-state index contributed by atoms with van der Waals surface area (Å²) in [6, 6.07) is 7.29. The Morgan fingerprint density at radius 1 is 1.29 bits per heavy atom. The van der Waals surface area contributed by atoms with E-state index in [0.717, 1.165) is 10.1 Å². The molecule has 0 aliphatic rings. The van der Waals surface area contributed by atoms with Gasteiger partial charge in [-0.1, -0.05) is 12.1 Å². The van der Waals surface area contributed by atoms with Gasteiger partial charge in [0.05, 0.1) is 0 Å². The van der Waals surface area contributed by atoms with Crippen LogP contribution in [0.3, 0.4) is 0 Å². The van der Waals surface area contributed by atoms with Crippen LogP contribution < -0.4 is 16.6 Å². The van der Waals surface area contributed by atoms with E-state index in [9.17, 15) is 18.8 Å². The van der Waals surface area contributed by atoms with Crippen molar-refractivity contribution in [1.82, 2.24) is 14.9 Å². The monoisotopic (exact) mass is 291 g/mol. The van der Waals surface area contributed by atoms with E-state index in [2.05, 4.69) is 10.3 Å². The van der Waals surface area contributed by atoms with Crippen molar-refractivity contribution in [3.63, 3.8) is 0 Å². The average molecular weight is 291 g/mol. The molecule has 110 valence electrons. The van der Waals surface area contributed by atoms with Crippen molar-refractivity contribution in [2.75, 3.05) is 6.54 Å². The van der Waals surface area contributed by atoms with E-state index in [1.165, 1.54) is 24.4 Å². The van der Waals surface area contributed by atoms with Crippen LogP contribution >= 0.6 is 0 Å². The number of carbonyl (C=O) groups excluding carboxylic acids is 1. The van der Waals surface area contributed by atoms with Gasteiger partial charge in [0.2, 0.25) is 5.91 Å². The van der Waals surface area contributed by atoms with Gasteiger partial charge >= 0.3 is 5.69 Å². The Morgan fingerprint density at radius 2 is 2.10 bits per heavy atom. The maximum atomic E-state index is 13.0. The Kier molecular flexibility index (Phi) is 4.65. The predicted molar refractivity (Wildman–Crippen MR) is 74.4 cm³/mol. The third kappa shape index (κ3) is 4.41. The minimum Gasteiger partial charge on any atom is -0.354 e. The summed E-state index contributed by atoms with van der Waals surface area (Å²) in [6.45, 7) is 0.152. The number of H-pyrrole nitrogens is 1. The molecule has 21 heavy (non-hydrogen) atoms. The molecule has 0 saturated heterocycles. The second-order valence-corrected chi connectivity index (χ2v) is 4.47. The zero-order chi connectivity index (χ0) is 15.2. The molecule has 2 N–H and O–H groups in total. The number of carbonyl (C=O) groups is 1.